The van der Waals surface area contributed by atoms with Gasteiger partial charge in [0.15, 0.2) is 5.43 Å². The number of hydrogen-bond donors (Lipinski definition) is 0. The van der Waals surface area contributed by atoms with Crippen molar-refractivity contribution in [2.75, 3.05) is 0 Å². The van der Waals surface area contributed by atoms with E-state index in [9.17, 15) is 4.79 Å². The van der Waals surface area contributed by atoms with Gasteiger partial charge in [-0.05, 0) is 12.8 Å². The fourth-order valence-corrected chi connectivity index (χ4v) is 1.80. The molecule has 14 heavy (non-hydrogen) atoms. The van der Waals surface area contributed by atoms with Crippen molar-refractivity contribution < 1.29 is 4.42 Å². The van der Waals surface area contributed by atoms with Crippen LogP contribution < -0.4 is 5.43 Å². The van der Waals surface area contributed by atoms with Crippen molar-refractivity contribution >= 4 is 6.08 Å². The minimum Gasteiger partial charge on any atom is -0.465 e. The van der Waals surface area contributed by atoms with Crippen LogP contribution in [0.4, 0.5) is 0 Å². The second kappa shape index (κ2) is 3.12. The smallest absolute Gasteiger partial charge is 0.192 e. The molecule has 0 bridgehead atoms. The van der Waals surface area contributed by atoms with Crippen molar-refractivity contribution in [2.45, 2.75) is 26.7 Å². The number of fused-ring (bicyclic) bond motifs is 1. The van der Waals surface area contributed by atoms with E-state index in [4.69, 9.17) is 4.42 Å². The van der Waals surface area contributed by atoms with E-state index in [1.54, 1.807) is 6.07 Å². The second-order valence-electron chi connectivity index (χ2n) is 4.01. The van der Waals surface area contributed by atoms with Gasteiger partial charge < -0.3 is 4.42 Å². The van der Waals surface area contributed by atoms with Crippen molar-refractivity contribution in [3.63, 3.8) is 0 Å². The van der Waals surface area contributed by atoms with Gasteiger partial charge >= 0.3 is 0 Å². The second-order valence-corrected chi connectivity index (χ2v) is 4.01. The van der Waals surface area contributed by atoms with Crippen molar-refractivity contribution in [2.24, 2.45) is 5.92 Å². The van der Waals surface area contributed by atoms with Gasteiger partial charge in [-0.3, -0.25) is 4.79 Å². The third kappa shape index (κ3) is 1.31. The largest absolute Gasteiger partial charge is 0.465 e. The van der Waals surface area contributed by atoms with Crippen LogP contribution >= 0.6 is 0 Å². The van der Waals surface area contributed by atoms with E-state index in [-0.39, 0.29) is 5.43 Å². The minimum absolute atomic E-state index is 0.0683. The van der Waals surface area contributed by atoms with Gasteiger partial charge in [-0.1, -0.05) is 26.0 Å². The van der Waals surface area contributed by atoms with Gasteiger partial charge in [-0.2, -0.15) is 0 Å². The van der Waals surface area contributed by atoms with E-state index < -0.39 is 0 Å². The Bertz CT molecular complexity index is 440. The summed E-state index contributed by atoms with van der Waals surface area (Å²) in [5.41, 5.74) is 0.792. The minimum atomic E-state index is 0.0683. The fourth-order valence-electron chi connectivity index (χ4n) is 1.80. The Morgan fingerprint density at radius 3 is 2.79 bits per heavy atom. The van der Waals surface area contributed by atoms with Crippen LogP contribution in [0.3, 0.4) is 0 Å². The Morgan fingerprint density at radius 1 is 1.36 bits per heavy atom. The molecule has 1 aromatic heterocycles. The molecule has 2 unspecified atom stereocenters. The van der Waals surface area contributed by atoms with Crippen molar-refractivity contribution in [3.05, 3.63) is 39.4 Å². The molecule has 0 amide bonds. The highest BCUT2D eigenvalue weighted by Gasteiger charge is 2.23. The van der Waals surface area contributed by atoms with E-state index in [1.807, 2.05) is 13.0 Å². The van der Waals surface area contributed by atoms with Gasteiger partial charge in [-0.15, -0.1) is 0 Å². The summed E-state index contributed by atoms with van der Waals surface area (Å²) in [4.78, 5) is 11.6. The van der Waals surface area contributed by atoms with E-state index in [0.717, 1.165) is 11.3 Å². The molecule has 0 saturated heterocycles. The molecular formula is C12H14O2. The molecule has 74 valence electrons. The zero-order valence-corrected chi connectivity index (χ0v) is 8.70. The predicted octanol–water partition coefficient (Wildman–Crippen LogP) is 2.71. The van der Waals surface area contributed by atoms with Crippen LogP contribution in [-0.2, 0) is 0 Å². The highest BCUT2D eigenvalue weighted by molar-refractivity contribution is 5.55. The summed E-state index contributed by atoms with van der Waals surface area (Å²) in [5.74, 6) is 2.27. The van der Waals surface area contributed by atoms with E-state index >= 15 is 0 Å². The van der Waals surface area contributed by atoms with Crippen LogP contribution in [0.15, 0.2) is 21.4 Å². The summed E-state index contributed by atoms with van der Waals surface area (Å²) in [7, 11) is 0. The van der Waals surface area contributed by atoms with Crippen LogP contribution in [0, 0.1) is 12.8 Å². The average molecular weight is 190 g/mol. The molecule has 2 nitrogen and oxygen atoms in total. The Morgan fingerprint density at radius 2 is 2.07 bits per heavy atom. The number of allylic oxidation sites excluding steroid dienone is 1. The van der Waals surface area contributed by atoms with Gasteiger partial charge in [0, 0.05) is 12.0 Å². The molecule has 2 heteroatoms. The van der Waals surface area contributed by atoms with E-state index in [2.05, 4.69) is 19.9 Å². The first-order valence-electron chi connectivity index (χ1n) is 4.92. The molecule has 0 aromatic carbocycles. The van der Waals surface area contributed by atoms with E-state index in [0.29, 0.717) is 17.6 Å². The maximum atomic E-state index is 11.6. The zero-order chi connectivity index (χ0) is 10.3. The molecule has 1 aromatic rings. The SMILES string of the molecule is Cc1cc(=O)c2c(o1)C(C)C(C)C=C2. The van der Waals surface area contributed by atoms with Gasteiger partial charge in [0.25, 0.3) is 0 Å². The molecule has 1 heterocycles. The highest BCUT2D eigenvalue weighted by Crippen LogP contribution is 2.32. The maximum absolute atomic E-state index is 11.6. The quantitative estimate of drug-likeness (QED) is 0.629. The molecule has 0 fully saturated rings. The van der Waals surface area contributed by atoms with Gasteiger partial charge in [0.2, 0.25) is 0 Å². The molecular weight excluding hydrogens is 176 g/mol. The van der Waals surface area contributed by atoms with E-state index in [1.165, 1.54) is 0 Å². The number of hydrogen-bond acceptors (Lipinski definition) is 2. The lowest BCUT2D eigenvalue weighted by Crippen LogP contribution is -2.16. The first kappa shape index (κ1) is 9.25. The zero-order valence-electron chi connectivity index (χ0n) is 8.70. The van der Waals surface area contributed by atoms with Gasteiger partial charge in [0.05, 0.1) is 5.56 Å². The molecule has 2 atom stereocenters. The first-order chi connectivity index (χ1) is 6.59. The molecule has 1 aliphatic rings. The summed E-state index contributed by atoms with van der Waals surface area (Å²) in [6.07, 6.45) is 3.95. The normalized spacial score (nSPS) is 24.8. The van der Waals surface area contributed by atoms with Crippen LogP contribution in [-0.4, -0.2) is 0 Å². The molecule has 0 spiro atoms. The molecule has 0 saturated carbocycles. The predicted molar refractivity (Wildman–Crippen MR) is 56.3 cm³/mol. The topological polar surface area (TPSA) is 30.2 Å². The highest BCUT2D eigenvalue weighted by atomic mass is 16.3. The molecule has 0 radical (unpaired) electrons. The first-order valence-corrected chi connectivity index (χ1v) is 4.92. The molecule has 0 N–H and O–H groups in total. The summed E-state index contributed by atoms with van der Waals surface area (Å²) in [6.45, 7) is 6.04. The fraction of sp³-hybridized carbons (Fsp3) is 0.417. The summed E-state index contributed by atoms with van der Waals surface area (Å²) >= 11 is 0. The van der Waals surface area contributed by atoms with Crippen molar-refractivity contribution in [3.8, 4) is 0 Å². The Balaban J connectivity index is 2.68. The van der Waals surface area contributed by atoms with Crippen LogP contribution in [0.25, 0.3) is 6.08 Å². The van der Waals surface area contributed by atoms with Crippen LogP contribution in [0.5, 0.6) is 0 Å². The van der Waals surface area contributed by atoms with Crippen molar-refractivity contribution in [1.82, 2.24) is 0 Å². The lowest BCUT2D eigenvalue weighted by atomic mass is 9.86. The Labute approximate surface area is 83.3 Å². The maximum Gasteiger partial charge on any atom is 0.192 e. The van der Waals surface area contributed by atoms with Crippen LogP contribution in [0.2, 0.25) is 0 Å². The van der Waals surface area contributed by atoms with Gasteiger partial charge in [0.1, 0.15) is 11.5 Å². The molecule has 2 rings (SSSR count). The van der Waals surface area contributed by atoms with Crippen molar-refractivity contribution in [1.29, 1.82) is 0 Å². The summed E-state index contributed by atoms with van der Waals surface area (Å²) < 4.78 is 5.61. The van der Waals surface area contributed by atoms with Gasteiger partial charge in [-0.25, -0.2) is 0 Å². The van der Waals surface area contributed by atoms with Crippen LogP contribution in [0.1, 0.15) is 36.8 Å². The molecule has 1 aliphatic carbocycles. The number of rotatable bonds is 0. The standard InChI is InChI=1S/C12H14O2/c1-7-4-5-10-11(13)6-8(2)14-12(10)9(7)3/h4-7,9H,1-3H3. The monoisotopic (exact) mass is 190 g/mol. The number of aryl methyl sites for hydroxylation is 1. The molecule has 0 aliphatic heterocycles. The summed E-state index contributed by atoms with van der Waals surface area (Å²) in [6, 6.07) is 1.55. The lowest BCUT2D eigenvalue weighted by Gasteiger charge is -2.21. The average Bonchev–Trinajstić information content (AvgIpc) is 2.12. The summed E-state index contributed by atoms with van der Waals surface area (Å²) in [5, 5.41) is 0. The third-order valence-corrected chi connectivity index (χ3v) is 2.90. The third-order valence-electron chi connectivity index (χ3n) is 2.90. The Kier molecular flexibility index (Phi) is 2.06. The lowest BCUT2D eigenvalue weighted by molar-refractivity contribution is 0.398. The Hall–Kier alpha value is -1.31.